The number of amides is 2. The number of hydrogen-bond donors (Lipinski definition) is 2. The molecule has 1 aliphatic carbocycles. The Hall–Kier alpha value is -3.13. The second kappa shape index (κ2) is 8.71. The Kier molecular flexibility index (Phi) is 5.85. The van der Waals surface area contributed by atoms with Gasteiger partial charge in [0.1, 0.15) is 6.33 Å². The first-order valence-corrected chi connectivity index (χ1v) is 10.8. The van der Waals surface area contributed by atoms with Crippen LogP contribution in [0.3, 0.4) is 0 Å². The minimum atomic E-state index is -0.301. The van der Waals surface area contributed by atoms with E-state index in [4.69, 9.17) is 0 Å². The van der Waals surface area contributed by atoms with Crippen LogP contribution in [0.25, 0.3) is 0 Å². The van der Waals surface area contributed by atoms with Crippen molar-refractivity contribution in [2.24, 2.45) is 7.05 Å². The van der Waals surface area contributed by atoms with Crippen molar-refractivity contribution in [1.82, 2.24) is 20.1 Å². The maximum atomic E-state index is 12.9. The molecule has 2 N–H and O–H groups in total. The van der Waals surface area contributed by atoms with Gasteiger partial charge in [-0.2, -0.15) is 0 Å². The zero-order valence-corrected chi connectivity index (χ0v) is 17.5. The van der Waals surface area contributed by atoms with Crippen molar-refractivity contribution in [3.05, 3.63) is 72.1 Å². The molecule has 3 aromatic rings. The molecule has 1 aliphatic rings. The maximum Gasteiger partial charge on any atom is 0.252 e. The topological polar surface area (TPSA) is 88.9 Å². The van der Waals surface area contributed by atoms with Crippen LogP contribution in [-0.4, -0.2) is 32.3 Å². The first-order valence-electron chi connectivity index (χ1n) is 9.80. The summed E-state index contributed by atoms with van der Waals surface area (Å²) in [6.07, 6.45) is 4.54. The van der Waals surface area contributed by atoms with Gasteiger partial charge in [-0.3, -0.25) is 9.59 Å². The fourth-order valence-corrected chi connectivity index (χ4v) is 4.22. The summed E-state index contributed by atoms with van der Waals surface area (Å²) in [5, 5.41) is 14.5. The molecule has 0 atom stereocenters. The lowest BCUT2D eigenvalue weighted by Crippen LogP contribution is -2.50. The molecule has 0 radical (unpaired) electrons. The number of hydrogen-bond acceptors (Lipinski definition) is 5. The van der Waals surface area contributed by atoms with E-state index in [0.29, 0.717) is 16.4 Å². The SMILES string of the molecule is Cn1cnnc1SCC(=O)Nc1cccc(C(=O)NC2(c3ccccc3)CCC2)c1. The standard InChI is InChI=1S/C22H23N5O2S/c1-27-15-23-26-21(27)30-14-19(28)24-18-10-5-7-16(13-18)20(29)25-22(11-6-12-22)17-8-3-2-4-9-17/h2-5,7-10,13,15H,6,11-12,14H2,1H3,(H,24,28)(H,25,29). The van der Waals surface area contributed by atoms with E-state index in [1.807, 2.05) is 25.2 Å². The van der Waals surface area contributed by atoms with Crippen molar-refractivity contribution < 1.29 is 9.59 Å². The molecular weight excluding hydrogens is 398 g/mol. The van der Waals surface area contributed by atoms with Gasteiger partial charge in [-0.05, 0) is 43.0 Å². The third-order valence-electron chi connectivity index (χ3n) is 5.30. The van der Waals surface area contributed by atoms with Gasteiger partial charge < -0.3 is 15.2 Å². The number of anilines is 1. The van der Waals surface area contributed by atoms with Crippen molar-refractivity contribution in [2.75, 3.05) is 11.1 Å². The molecule has 8 heteroatoms. The van der Waals surface area contributed by atoms with Crippen molar-refractivity contribution in [3.8, 4) is 0 Å². The molecule has 0 saturated heterocycles. The minimum Gasteiger partial charge on any atom is -0.343 e. The normalized spacial score (nSPS) is 14.6. The number of thioether (sulfide) groups is 1. The van der Waals surface area contributed by atoms with E-state index in [1.54, 1.807) is 35.2 Å². The van der Waals surface area contributed by atoms with Crippen LogP contribution in [0.4, 0.5) is 5.69 Å². The maximum absolute atomic E-state index is 12.9. The number of aryl methyl sites for hydroxylation is 1. The number of nitrogens with one attached hydrogen (secondary N) is 2. The van der Waals surface area contributed by atoms with Crippen LogP contribution in [0.5, 0.6) is 0 Å². The molecule has 154 valence electrons. The van der Waals surface area contributed by atoms with Crippen molar-refractivity contribution in [3.63, 3.8) is 0 Å². The fraction of sp³-hybridized carbons (Fsp3) is 0.273. The van der Waals surface area contributed by atoms with E-state index in [9.17, 15) is 9.59 Å². The van der Waals surface area contributed by atoms with Crippen LogP contribution in [0.1, 0.15) is 35.2 Å². The molecule has 0 spiro atoms. The molecule has 7 nitrogen and oxygen atoms in total. The first-order chi connectivity index (χ1) is 14.6. The van der Waals surface area contributed by atoms with Gasteiger partial charge in [-0.25, -0.2) is 0 Å². The summed E-state index contributed by atoms with van der Waals surface area (Å²) in [7, 11) is 1.83. The molecule has 1 saturated carbocycles. The number of aromatic nitrogens is 3. The lowest BCUT2D eigenvalue weighted by Gasteiger charge is -2.43. The molecule has 0 unspecified atom stereocenters. The van der Waals surface area contributed by atoms with Crippen LogP contribution >= 0.6 is 11.8 Å². The number of rotatable bonds is 7. The van der Waals surface area contributed by atoms with E-state index in [-0.39, 0.29) is 23.1 Å². The van der Waals surface area contributed by atoms with Crippen molar-refractivity contribution in [1.29, 1.82) is 0 Å². The lowest BCUT2D eigenvalue weighted by atomic mass is 9.71. The Morgan fingerprint density at radius 2 is 1.93 bits per heavy atom. The molecule has 2 aromatic carbocycles. The predicted octanol–water partition coefficient (Wildman–Crippen LogP) is 3.36. The summed E-state index contributed by atoms with van der Waals surface area (Å²) < 4.78 is 1.76. The quantitative estimate of drug-likeness (QED) is 0.571. The van der Waals surface area contributed by atoms with E-state index >= 15 is 0 Å². The smallest absolute Gasteiger partial charge is 0.252 e. The second-order valence-corrected chi connectivity index (χ2v) is 8.34. The van der Waals surface area contributed by atoms with Crippen molar-refractivity contribution >= 4 is 29.3 Å². The summed E-state index contributed by atoms with van der Waals surface area (Å²) >= 11 is 1.31. The lowest BCUT2D eigenvalue weighted by molar-refractivity contribution is -0.113. The number of benzene rings is 2. The zero-order chi connectivity index (χ0) is 21.0. The Bertz CT molecular complexity index is 1050. The van der Waals surface area contributed by atoms with Crippen molar-refractivity contribution in [2.45, 2.75) is 30.0 Å². The van der Waals surface area contributed by atoms with Crippen LogP contribution in [0.2, 0.25) is 0 Å². The summed E-state index contributed by atoms with van der Waals surface area (Å²) in [6.45, 7) is 0. The van der Waals surface area contributed by atoms with Crippen LogP contribution in [-0.2, 0) is 17.4 Å². The van der Waals surface area contributed by atoms with Gasteiger partial charge in [-0.15, -0.1) is 10.2 Å². The molecule has 1 aromatic heterocycles. The van der Waals surface area contributed by atoms with Gasteiger partial charge >= 0.3 is 0 Å². The molecule has 1 heterocycles. The summed E-state index contributed by atoms with van der Waals surface area (Å²) in [5.74, 6) is -0.0940. The highest BCUT2D eigenvalue weighted by Crippen LogP contribution is 2.41. The summed E-state index contributed by atoms with van der Waals surface area (Å²) in [5.41, 5.74) is 1.95. The van der Waals surface area contributed by atoms with E-state index in [1.165, 1.54) is 11.8 Å². The highest BCUT2D eigenvalue weighted by atomic mass is 32.2. The predicted molar refractivity (Wildman–Crippen MR) is 116 cm³/mol. The van der Waals surface area contributed by atoms with Gasteiger partial charge in [0.15, 0.2) is 5.16 Å². The van der Waals surface area contributed by atoms with E-state index < -0.39 is 0 Å². The average Bonchev–Trinajstić information content (AvgIpc) is 3.14. The third-order valence-corrected chi connectivity index (χ3v) is 6.33. The number of nitrogens with zero attached hydrogens (tertiary/aromatic N) is 3. The molecule has 2 amide bonds. The molecule has 0 aliphatic heterocycles. The largest absolute Gasteiger partial charge is 0.343 e. The summed E-state index contributed by atoms with van der Waals surface area (Å²) in [6, 6.07) is 17.1. The Labute approximate surface area is 179 Å². The zero-order valence-electron chi connectivity index (χ0n) is 16.7. The van der Waals surface area contributed by atoms with Gasteiger partial charge in [0.2, 0.25) is 5.91 Å². The third kappa shape index (κ3) is 4.38. The van der Waals surface area contributed by atoms with E-state index in [2.05, 4.69) is 33.0 Å². The fourth-order valence-electron chi connectivity index (χ4n) is 3.53. The Morgan fingerprint density at radius 1 is 1.13 bits per heavy atom. The average molecular weight is 422 g/mol. The highest BCUT2D eigenvalue weighted by Gasteiger charge is 2.40. The number of carbonyl (C=O) groups is 2. The van der Waals surface area contributed by atoms with Crippen LogP contribution < -0.4 is 10.6 Å². The summed E-state index contributed by atoms with van der Waals surface area (Å²) in [4.78, 5) is 25.2. The second-order valence-electron chi connectivity index (χ2n) is 7.40. The minimum absolute atomic E-state index is 0.136. The molecule has 30 heavy (non-hydrogen) atoms. The van der Waals surface area contributed by atoms with Gasteiger partial charge in [0.25, 0.3) is 5.91 Å². The Balaban J connectivity index is 1.39. The van der Waals surface area contributed by atoms with Crippen LogP contribution in [0, 0.1) is 0 Å². The van der Waals surface area contributed by atoms with E-state index in [0.717, 1.165) is 24.8 Å². The first kappa shape index (κ1) is 20.2. The Morgan fingerprint density at radius 3 is 2.60 bits per heavy atom. The highest BCUT2D eigenvalue weighted by molar-refractivity contribution is 7.99. The van der Waals surface area contributed by atoms with Gasteiger partial charge in [0, 0.05) is 18.3 Å². The number of carbonyl (C=O) groups excluding carboxylic acids is 2. The van der Waals surface area contributed by atoms with Crippen LogP contribution in [0.15, 0.2) is 66.1 Å². The monoisotopic (exact) mass is 421 g/mol. The molecular formula is C22H23N5O2S. The van der Waals surface area contributed by atoms with Gasteiger partial charge in [-0.1, -0.05) is 48.2 Å². The van der Waals surface area contributed by atoms with Gasteiger partial charge in [0.05, 0.1) is 11.3 Å². The molecule has 4 rings (SSSR count). The molecule has 1 fully saturated rings. The molecule has 0 bridgehead atoms.